The van der Waals surface area contributed by atoms with Gasteiger partial charge in [0, 0.05) is 35.3 Å². The van der Waals surface area contributed by atoms with Crippen LogP contribution < -0.4 is 0 Å². The Kier molecular flexibility index (Phi) is 5.85. The molecule has 4 aromatic rings. The number of fused-ring (bicyclic) bond motifs is 1. The molecule has 2 N–H and O–H groups in total. The molecular formula is C28H23N3O5. The van der Waals surface area contributed by atoms with Crippen LogP contribution in [-0.4, -0.2) is 38.1 Å². The third kappa shape index (κ3) is 3.92. The number of rotatable bonds is 6. The van der Waals surface area contributed by atoms with Crippen molar-refractivity contribution in [2.75, 3.05) is 6.54 Å². The number of aliphatic hydroxyl groups excluding tert-OH is 1. The van der Waals surface area contributed by atoms with E-state index in [1.165, 1.54) is 23.1 Å². The van der Waals surface area contributed by atoms with Crippen LogP contribution in [0.2, 0.25) is 0 Å². The minimum atomic E-state index is -1.10. The molecule has 1 amide bonds. The summed E-state index contributed by atoms with van der Waals surface area (Å²) in [5.41, 5.74) is 3.01. The third-order valence-electron chi connectivity index (χ3n) is 6.59. The number of aliphatic hydroxyl groups is 1. The van der Waals surface area contributed by atoms with Gasteiger partial charge in [-0.1, -0.05) is 60.2 Å². The van der Waals surface area contributed by atoms with Gasteiger partial charge in [0.25, 0.3) is 17.4 Å². The maximum absolute atomic E-state index is 13.3. The Morgan fingerprint density at radius 1 is 1.03 bits per heavy atom. The van der Waals surface area contributed by atoms with Crippen LogP contribution in [0.15, 0.2) is 84.6 Å². The maximum atomic E-state index is 13.3. The number of H-pyrrole nitrogens is 1. The third-order valence-corrected chi connectivity index (χ3v) is 6.59. The monoisotopic (exact) mass is 481 g/mol. The number of benzene rings is 3. The summed E-state index contributed by atoms with van der Waals surface area (Å²) in [5, 5.41) is 24.0. The van der Waals surface area contributed by atoms with Gasteiger partial charge in [-0.15, -0.1) is 0 Å². The van der Waals surface area contributed by atoms with Crippen LogP contribution in [0.4, 0.5) is 5.69 Å². The molecular weight excluding hydrogens is 458 g/mol. The number of nitro groups is 1. The van der Waals surface area contributed by atoms with Crippen molar-refractivity contribution in [1.29, 1.82) is 0 Å². The minimum Gasteiger partial charge on any atom is -0.507 e. The highest BCUT2D eigenvalue weighted by Gasteiger charge is 2.47. The van der Waals surface area contributed by atoms with E-state index in [2.05, 4.69) is 4.98 Å². The molecule has 1 aliphatic rings. The van der Waals surface area contributed by atoms with Crippen LogP contribution in [0.1, 0.15) is 28.3 Å². The summed E-state index contributed by atoms with van der Waals surface area (Å²) < 4.78 is 0. The summed E-state index contributed by atoms with van der Waals surface area (Å²) in [6, 6.07) is 19.5. The number of amides is 1. The molecule has 1 aliphatic heterocycles. The summed E-state index contributed by atoms with van der Waals surface area (Å²) in [4.78, 5) is 42.3. The van der Waals surface area contributed by atoms with E-state index >= 15 is 0 Å². The molecule has 0 aliphatic carbocycles. The molecule has 1 saturated heterocycles. The predicted molar refractivity (Wildman–Crippen MR) is 135 cm³/mol. The van der Waals surface area contributed by atoms with Gasteiger partial charge in [0.2, 0.25) is 0 Å². The topological polar surface area (TPSA) is 117 Å². The highest BCUT2D eigenvalue weighted by molar-refractivity contribution is 6.46. The Labute approximate surface area is 206 Å². The van der Waals surface area contributed by atoms with Crippen molar-refractivity contribution in [3.8, 4) is 0 Å². The lowest BCUT2D eigenvalue weighted by atomic mass is 9.94. The maximum Gasteiger partial charge on any atom is 0.295 e. The molecule has 8 nitrogen and oxygen atoms in total. The summed E-state index contributed by atoms with van der Waals surface area (Å²) in [6.45, 7) is 2.02. The number of Topliss-reactive ketones (excluding diaryl/α,β-unsaturated/α-hetero) is 1. The second-order valence-electron chi connectivity index (χ2n) is 8.78. The van der Waals surface area contributed by atoms with Gasteiger partial charge in [-0.2, -0.15) is 0 Å². The zero-order valence-electron chi connectivity index (χ0n) is 19.5. The number of nitrogens with one attached hydrogen (secondary N) is 1. The molecule has 3 aromatic carbocycles. The summed E-state index contributed by atoms with van der Waals surface area (Å²) in [5.74, 6) is -2.02. The van der Waals surface area contributed by atoms with E-state index in [1.807, 2.05) is 37.4 Å². The fourth-order valence-electron chi connectivity index (χ4n) is 4.77. The highest BCUT2D eigenvalue weighted by Crippen LogP contribution is 2.42. The van der Waals surface area contributed by atoms with Gasteiger partial charge in [0.1, 0.15) is 5.76 Å². The van der Waals surface area contributed by atoms with E-state index < -0.39 is 22.7 Å². The first-order chi connectivity index (χ1) is 17.4. The van der Waals surface area contributed by atoms with Crippen molar-refractivity contribution in [3.05, 3.63) is 117 Å². The highest BCUT2D eigenvalue weighted by atomic mass is 16.6. The SMILES string of the molecule is Cc1ccc(C(O)=C2C(=O)C(=O)N(CCc3c[nH]c4ccccc34)[C@H]2c2ccccc2[N+](=O)[O-])cc1. The molecule has 1 aromatic heterocycles. The molecule has 36 heavy (non-hydrogen) atoms. The number of ketones is 1. The molecule has 5 rings (SSSR count). The average Bonchev–Trinajstić information content (AvgIpc) is 3.41. The average molecular weight is 482 g/mol. The zero-order valence-corrected chi connectivity index (χ0v) is 19.5. The first-order valence-electron chi connectivity index (χ1n) is 11.5. The lowest BCUT2D eigenvalue weighted by Gasteiger charge is -2.25. The fourth-order valence-corrected chi connectivity index (χ4v) is 4.77. The number of hydrogen-bond acceptors (Lipinski definition) is 5. The van der Waals surface area contributed by atoms with Crippen LogP contribution in [0.25, 0.3) is 16.7 Å². The van der Waals surface area contributed by atoms with Gasteiger partial charge in [-0.05, 0) is 31.0 Å². The normalized spacial score (nSPS) is 17.1. The number of carbonyl (C=O) groups excluding carboxylic acids is 2. The zero-order chi connectivity index (χ0) is 25.4. The van der Waals surface area contributed by atoms with Crippen LogP contribution in [0.3, 0.4) is 0 Å². The smallest absolute Gasteiger partial charge is 0.295 e. The lowest BCUT2D eigenvalue weighted by molar-refractivity contribution is -0.385. The Morgan fingerprint density at radius 3 is 2.47 bits per heavy atom. The van der Waals surface area contributed by atoms with Crippen molar-refractivity contribution < 1.29 is 19.6 Å². The van der Waals surface area contributed by atoms with Crippen LogP contribution >= 0.6 is 0 Å². The Morgan fingerprint density at radius 2 is 1.72 bits per heavy atom. The number of nitro benzene ring substituents is 1. The summed E-state index contributed by atoms with van der Waals surface area (Å²) >= 11 is 0. The fraction of sp³-hybridized carbons (Fsp3) is 0.143. The molecule has 8 heteroatoms. The van der Waals surface area contributed by atoms with E-state index in [1.54, 1.807) is 30.3 Å². The van der Waals surface area contributed by atoms with Crippen molar-refractivity contribution in [2.45, 2.75) is 19.4 Å². The standard InChI is InChI=1S/C28H23N3O5/c1-17-10-12-18(13-11-17)26(32)24-25(21-7-3-5-9-23(21)31(35)36)30(28(34)27(24)33)15-14-19-16-29-22-8-4-2-6-20(19)22/h2-13,16,25,29,32H,14-15H2,1H3/t25-/m0/s1. The van der Waals surface area contributed by atoms with Crippen molar-refractivity contribution in [3.63, 3.8) is 0 Å². The van der Waals surface area contributed by atoms with Crippen molar-refractivity contribution in [1.82, 2.24) is 9.88 Å². The lowest BCUT2D eigenvalue weighted by Crippen LogP contribution is -2.32. The van der Waals surface area contributed by atoms with Crippen molar-refractivity contribution >= 4 is 34.0 Å². The Bertz CT molecular complexity index is 1530. The number of aromatic amines is 1. The molecule has 0 unspecified atom stereocenters. The second-order valence-corrected chi connectivity index (χ2v) is 8.78. The number of nitrogens with zero attached hydrogens (tertiary/aromatic N) is 2. The molecule has 180 valence electrons. The van der Waals surface area contributed by atoms with Gasteiger partial charge < -0.3 is 15.0 Å². The first kappa shape index (κ1) is 23.0. The number of carbonyl (C=O) groups is 2. The van der Waals surface area contributed by atoms with E-state index in [-0.39, 0.29) is 29.1 Å². The second kappa shape index (κ2) is 9.14. The predicted octanol–water partition coefficient (Wildman–Crippen LogP) is 5.05. The summed E-state index contributed by atoms with van der Waals surface area (Å²) in [6.07, 6.45) is 2.27. The number of hydrogen-bond donors (Lipinski definition) is 2. The van der Waals surface area contributed by atoms with Gasteiger partial charge in [-0.25, -0.2) is 0 Å². The molecule has 0 radical (unpaired) electrons. The van der Waals surface area contributed by atoms with Gasteiger partial charge in [0.15, 0.2) is 0 Å². The van der Waals surface area contributed by atoms with Crippen molar-refractivity contribution in [2.24, 2.45) is 0 Å². The van der Waals surface area contributed by atoms with E-state index in [0.717, 1.165) is 22.0 Å². The molecule has 0 spiro atoms. The van der Waals surface area contributed by atoms with Crippen LogP contribution in [0, 0.1) is 17.0 Å². The minimum absolute atomic E-state index is 0.133. The Balaban J connectivity index is 1.62. The van der Waals surface area contributed by atoms with Gasteiger partial charge >= 0.3 is 0 Å². The molecule has 1 fully saturated rings. The van der Waals surface area contributed by atoms with Crippen LogP contribution in [0.5, 0.6) is 0 Å². The van der Waals surface area contributed by atoms with Crippen LogP contribution in [-0.2, 0) is 16.0 Å². The van der Waals surface area contributed by atoms with E-state index in [0.29, 0.717) is 12.0 Å². The first-order valence-corrected chi connectivity index (χ1v) is 11.5. The molecule has 0 bridgehead atoms. The van der Waals surface area contributed by atoms with E-state index in [4.69, 9.17) is 0 Å². The largest absolute Gasteiger partial charge is 0.507 e. The summed E-state index contributed by atoms with van der Waals surface area (Å²) in [7, 11) is 0. The van der Waals surface area contributed by atoms with Gasteiger partial charge in [0.05, 0.1) is 22.1 Å². The number of aryl methyl sites for hydroxylation is 1. The molecule has 1 atom stereocenters. The van der Waals surface area contributed by atoms with E-state index in [9.17, 15) is 24.8 Å². The number of para-hydroxylation sites is 2. The number of aromatic nitrogens is 1. The van der Waals surface area contributed by atoms with Gasteiger partial charge in [-0.3, -0.25) is 19.7 Å². The quantitative estimate of drug-likeness (QED) is 0.131. The Hall–Kier alpha value is -4.72. The molecule has 0 saturated carbocycles. The molecule has 2 heterocycles. The number of likely N-dealkylation sites (tertiary alicyclic amines) is 1.